The van der Waals surface area contributed by atoms with Crippen molar-refractivity contribution in [3.8, 4) is 22.3 Å². The summed E-state index contributed by atoms with van der Waals surface area (Å²) in [6.45, 7) is 0. The molecule has 1 heteroatoms. The summed E-state index contributed by atoms with van der Waals surface area (Å²) in [5, 5.41) is 15.1. The summed E-state index contributed by atoms with van der Waals surface area (Å²) in [6, 6.07) is 77.9. The van der Waals surface area contributed by atoms with E-state index >= 15 is 0 Å². The molecule has 0 fully saturated rings. The Morgan fingerprint density at radius 1 is 0.236 bits per heavy atom. The zero-order valence-corrected chi connectivity index (χ0v) is 30.2. The number of fused-ring (bicyclic) bond motifs is 9. The molecule has 0 unspecified atom stereocenters. The third-order valence-electron chi connectivity index (χ3n) is 11.4. The van der Waals surface area contributed by atoms with Crippen LogP contribution in [0, 0.1) is 0 Å². The van der Waals surface area contributed by atoms with Gasteiger partial charge in [0.1, 0.15) is 0 Å². The van der Waals surface area contributed by atoms with Gasteiger partial charge in [-0.25, -0.2) is 0 Å². The van der Waals surface area contributed by atoms with E-state index in [-0.39, 0.29) is 0 Å². The van der Waals surface area contributed by atoms with Crippen LogP contribution in [0.5, 0.6) is 0 Å². The van der Waals surface area contributed by atoms with Crippen molar-refractivity contribution in [2.24, 2.45) is 0 Å². The van der Waals surface area contributed by atoms with Crippen molar-refractivity contribution >= 4 is 81.7 Å². The Balaban J connectivity index is 1.11. The monoisotopic (exact) mass is 697 g/mol. The molecule has 0 aliphatic carbocycles. The summed E-state index contributed by atoms with van der Waals surface area (Å²) in [5.74, 6) is 0. The molecule has 0 N–H and O–H groups in total. The molecule has 0 bridgehead atoms. The van der Waals surface area contributed by atoms with Gasteiger partial charge in [0.15, 0.2) is 0 Å². The van der Waals surface area contributed by atoms with Crippen molar-refractivity contribution in [1.82, 2.24) is 0 Å². The van der Waals surface area contributed by atoms with Crippen molar-refractivity contribution in [2.45, 2.75) is 0 Å². The number of hydrogen-bond acceptors (Lipinski definition) is 1. The third-order valence-corrected chi connectivity index (χ3v) is 11.4. The molecular weight excluding hydrogens is 663 g/mol. The minimum absolute atomic E-state index is 1.11. The molecule has 0 radical (unpaired) electrons. The van der Waals surface area contributed by atoms with Crippen molar-refractivity contribution in [3.63, 3.8) is 0 Å². The molecule has 0 heterocycles. The Labute approximate surface area is 320 Å². The van der Waals surface area contributed by atoms with Crippen LogP contribution in [0.4, 0.5) is 17.1 Å². The zero-order chi connectivity index (χ0) is 36.3. The van der Waals surface area contributed by atoms with Crippen molar-refractivity contribution in [3.05, 3.63) is 212 Å². The highest BCUT2D eigenvalue weighted by Gasteiger charge is 2.19. The minimum Gasteiger partial charge on any atom is -0.310 e. The van der Waals surface area contributed by atoms with Gasteiger partial charge in [-0.2, -0.15) is 0 Å². The minimum atomic E-state index is 1.11. The second-order valence-electron chi connectivity index (χ2n) is 14.5. The first-order valence-corrected chi connectivity index (χ1v) is 19.0. The summed E-state index contributed by atoms with van der Waals surface area (Å²) >= 11 is 0. The van der Waals surface area contributed by atoms with E-state index in [4.69, 9.17) is 0 Å². The lowest BCUT2D eigenvalue weighted by Crippen LogP contribution is -2.11. The molecule has 0 aromatic heterocycles. The third kappa shape index (κ3) is 5.24. The van der Waals surface area contributed by atoms with E-state index < -0.39 is 0 Å². The summed E-state index contributed by atoms with van der Waals surface area (Å²) in [5.41, 5.74) is 8.20. The van der Waals surface area contributed by atoms with Gasteiger partial charge in [-0.1, -0.05) is 176 Å². The standard InChI is InChI=1S/C54H35N/c1-2-11-36(12-3-1)40-15-10-16-43(34-40)55(44-27-23-39-22-21-37-13-5-7-18-46(37)53(39)35-44)54-32-31-48(49-19-8-9-20-52(49)54)41-25-28-47-42(33-41)26-30-50-45-17-6-4-14-38(45)24-29-51(47)50/h1-35H. The number of benzene rings is 11. The first-order chi connectivity index (χ1) is 27.3. The lowest BCUT2D eigenvalue weighted by molar-refractivity contribution is 1.30. The van der Waals surface area contributed by atoms with Gasteiger partial charge in [0.25, 0.3) is 0 Å². The molecule has 0 atom stereocenters. The Morgan fingerprint density at radius 2 is 0.782 bits per heavy atom. The van der Waals surface area contributed by atoms with E-state index in [0.717, 1.165) is 17.1 Å². The maximum absolute atomic E-state index is 2.44. The molecule has 0 spiro atoms. The second-order valence-corrected chi connectivity index (χ2v) is 14.5. The van der Waals surface area contributed by atoms with Gasteiger partial charge in [-0.3, -0.25) is 0 Å². The molecule has 0 saturated carbocycles. The van der Waals surface area contributed by atoms with Gasteiger partial charge in [-0.15, -0.1) is 0 Å². The van der Waals surface area contributed by atoms with Crippen LogP contribution in [-0.2, 0) is 0 Å². The fourth-order valence-corrected chi connectivity index (χ4v) is 8.74. The highest BCUT2D eigenvalue weighted by Crippen LogP contribution is 2.44. The van der Waals surface area contributed by atoms with Gasteiger partial charge in [-0.05, 0) is 118 Å². The van der Waals surface area contributed by atoms with Crippen LogP contribution < -0.4 is 4.90 Å². The molecule has 11 aromatic carbocycles. The van der Waals surface area contributed by atoms with Crippen LogP contribution in [0.3, 0.4) is 0 Å². The molecule has 11 aromatic rings. The zero-order valence-electron chi connectivity index (χ0n) is 30.2. The van der Waals surface area contributed by atoms with E-state index in [0.29, 0.717) is 0 Å². The number of nitrogens with zero attached hydrogens (tertiary/aromatic N) is 1. The first-order valence-electron chi connectivity index (χ1n) is 19.0. The largest absolute Gasteiger partial charge is 0.310 e. The second kappa shape index (κ2) is 12.7. The maximum Gasteiger partial charge on any atom is 0.0540 e. The Morgan fingerprint density at radius 3 is 1.56 bits per heavy atom. The maximum atomic E-state index is 2.44. The van der Waals surface area contributed by atoms with Gasteiger partial charge >= 0.3 is 0 Å². The molecule has 0 saturated heterocycles. The lowest BCUT2D eigenvalue weighted by Gasteiger charge is -2.28. The molecule has 55 heavy (non-hydrogen) atoms. The smallest absolute Gasteiger partial charge is 0.0540 e. The predicted octanol–water partition coefficient (Wildman–Crippen LogP) is 15.4. The molecular formula is C54H35N. The van der Waals surface area contributed by atoms with E-state index in [2.05, 4.69) is 217 Å². The fraction of sp³-hybridized carbons (Fsp3) is 0. The summed E-state index contributed by atoms with van der Waals surface area (Å²) in [4.78, 5) is 2.44. The van der Waals surface area contributed by atoms with Crippen molar-refractivity contribution in [2.75, 3.05) is 4.90 Å². The van der Waals surface area contributed by atoms with Gasteiger partial charge in [0.2, 0.25) is 0 Å². The van der Waals surface area contributed by atoms with Crippen LogP contribution in [0.2, 0.25) is 0 Å². The average Bonchev–Trinajstić information content (AvgIpc) is 3.26. The molecule has 0 aliphatic heterocycles. The fourth-order valence-electron chi connectivity index (χ4n) is 8.74. The van der Waals surface area contributed by atoms with Crippen LogP contribution >= 0.6 is 0 Å². The Kier molecular flexibility index (Phi) is 7.25. The number of hydrogen-bond donors (Lipinski definition) is 0. The van der Waals surface area contributed by atoms with Gasteiger partial charge < -0.3 is 4.90 Å². The molecule has 11 rings (SSSR count). The van der Waals surface area contributed by atoms with Crippen molar-refractivity contribution < 1.29 is 0 Å². The van der Waals surface area contributed by atoms with Crippen LogP contribution in [-0.4, -0.2) is 0 Å². The lowest BCUT2D eigenvalue weighted by atomic mass is 9.92. The van der Waals surface area contributed by atoms with Crippen LogP contribution in [0.25, 0.3) is 86.9 Å². The first kappa shape index (κ1) is 31.3. The van der Waals surface area contributed by atoms with E-state index in [9.17, 15) is 0 Å². The van der Waals surface area contributed by atoms with E-state index in [1.807, 2.05) is 0 Å². The summed E-state index contributed by atoms with van der Waals surface area (Å²) in [7, 11) is 0. The van der Waals surface area contributed by atoms with Gasteiger partial charge in [0, 0.05) is 16.8 Å². The SMILES string of the molecule is c1ccc(-c2cccc(N(c3ccc4ccc5ccccc5c4c3)c3ccc(-c4ccc5c(ccc6c7ccccc7ccc56)c4)c4ccccc34)c2)cc1. The number of anilines is 3. The van der Waals surface area contributed by atoms with Crippen molar-refractivity contribution in [1.29, 1.82) is 0 Å². The topological polar surface area (TPSA) is 3.24 Å². The quantitative estimate of drug-likeness (QED) is 0.162. The highest BCUT2D eigenvalue weighted by molar-refractivity contribution is 6.18. The molecule has 0 amide bonds. The molecule has 256 valence electrons. The van der Waals surface area contributed by atoms with Crippen LogP contribution in [0.15, 0.2) is 212 Å². The Hall–Kier alpha value is -7.22. The molecule has 0 aliphatic rings. The highest BCUT2D eigenvalue weighted by atomic mass is 15.1. The van der Waals surface area contributed by atoms with Crippen LogP contribution in [0.1, 0.15) is 0 Å². The predicted molar refractivity (Wildman–Crippen MR) is 237 cm³/mol. The van der Waals surface area contributed by atoms with Gasteiger partial charge in [0.05, 0.1) is 5.69 Å². The Bertz CT molecular complexity index is 3270. The summed E-state index contributed by atoms with van der Waals surface area (Å²) < 4.78 is 0. The summed E-state index contributed by atoms with van der Waals surface area (Å²) in [6.07, 6.45) is 0. The average molecular weight is 698 g/mol. The van der Waals surface area contributed by atoms with E-state index in [1.165, 1.54) is 86.9 Å². The molecule has 1 nitrogen and oxygen atoms in total. The number of rotatable bonds is 5. The van der Waals surface area contributed by atoms with E-state index in [1.54, 1.807) is 0 Å². The normalized spacial score (nSPS) is 11.6.